The minimum absolute atomic E-state index is 0.0172. The van der Waals surface area contributed by atoms with Crippen molar-refractivity contribution >= 4 is 23.3 Å². The quantitative estimate of drug-likeness (QED) is 0.208. The smallest absolute Gasteiger partial charge is 0.303 e. The Balaban J connectivity index is 1.77. The summed E-state index contributed by atoms with van der Waals surface area (Å²) in [4.78, 5) is 10.6. The summed E-state index contributed by atoms with van der Waals surface area (Å²) in [5.74, 6) is -0.277. The zero-order chi connectivity index (χ0) is 21.9. The number of ether oxygens (including phenoxy) is 1. The number of carboxylic acids is 1. The molecule has 1 aromatic rings. The van der Waals surface area contributed by atoms with Crippen LogP contribution >= 0.6 is 11.6 Å². The highest BCUT2D eigenvalue weighted by Crippen LogP contribution is 2.37. The van der Waals surface area contributed by atoms with Gasteiger partial charge in [0.2, 0.25) is 0 Å². The van der Waals surface area contributed by atoms with Gasteiger partial charge in [-0.15, -0.1) is 0 Å². The third-order valence-corrected chi connectivity index (χ3v) is 5.95. The number of hydrogen-bond donors (Lipinski definition) is 4. The van der Waals surface area contributed by atoms with Crippen molar-refractivity contribution in [2.24, 2.45) is 17.0 Å². The first-order valence-electron chi connectivity index (χ1n) is 10.6. The maximum Gasteiger partial charge on any atom is 0.303 e. The van der Waals surface area contributed by atoms with Crippen LogP contribution in [0.3, 0.4) is 0 Å². The standard InChI is InChI=1S/C22H32ClNO6/c23-15-6-5-7-17(12-15)30-14-16(25)10-11-18-19(21(26)13-20(18)24-29)8-3-1-2-4-9-22(27)28/h5-7,12,16,18-19,21,25-26,29H,1-4,8-11,13-14H2,(H,27,28)/b24-20-/t16-,18-,19-,21+/m1/s1. The molecule has 0 aromatic heterocycles. The lowest BCUT2D eigenvalue weighted by atomic mass is 9.85. The Morgan fingerprint density at radius 2 is 2.00 bits per heavy atom. The molecule has 0 unspecified atom stereocenters. The Morgan fingerprint density at radius 3 is 2.70 bits per heavy atom. The second kappa shape index (κ2) is 12.8. The summed E-state index contributed by atoms with van der Waals surface area (Å²) in [6, 6.07) is 6.98. The zero-order valence-electron chi connectivity index (χ0n) is 17.1. The van der Waals surface area contributed by atoms with E-state index < -0.39 is 18.2 Å². The maximum absolute atomic E-state index is 10.6. The van der Waals surface area contributed by atoms with Crippen LogP contribution in [-0.4, -0.2) is 51.0 Å². The number of aliphatic hydroxyl groups is 2. The molecule has 0 bridgehead atoms. The Labute approximate surface area is 182 Å². The normalized spacial score (nSPS) is 23.6. The van der Waals surface area contributed by atoms with Crippen LogP contribution in [0.4, 0.5) is 0 Å². The Bertz CT molecular complexity index is 698. The van der Waals surface area contributed by atoms with E-state index in [0.29, 0.717) is 42.2 Å². The molecule has 0 amide bonds. The van der Waals surface area contributed by atoms with E-state index in [1.165, 1.54) is 0 Å². The highest BCUT2D eigenvalue weighted by atomic mass is 35.5. The summed E-state index contributed by atoms with van der Waals surface area (Å²) >= 11 is 5.92. The molecule has 0 aliphatic heterocycles. The van der Waals surface area contributed by atoms with Crippen molar-refractivity contribution in [1.82, 2.24) is 0 Å². The van der Waals surface area contributed by atoms with Crippen LogP contribution in [0.5, 0.6) is 5.75 Å². The third-order valence-electron chi connectivity index (χ3n) is 5.71. The molecule has 0 saturated heterocycles. The van der Waals surface area contributed by atoms with E-state index in [1.807, 2.05) is 0 Å². The molecule has 7 nitrogen and oxygen atoms in total. The first-order valence-corrected chi connectivity index (χ1v) is 11.0. The molecular formula is C22H32ClNO6. The van der Waals surface area contributed by atoms with Crippen LogP contribution in [0, 0.1) is 11.8 Å². The first-order chi connectivity index (χ1) is 14.4. The molecule has 30 heavy (non-hydrogen) atoms. The second-order valence-corrected chi connectivity index (χ2v) is 8.42. The largest absolute Gasteiger partial charge is 0.491 e. The van der Waals surface area contributed by atoms with Crippen molar-refractivity contribution in [3.05, 3.63) is 29.3 Å². The first kappa shape index (κ1) is 24.4. The molecule has 168 valence electrons. The van der Waals surface area contributed by atoms with Crippen LogP contribution in [-0.2, 0) is 4.79 Å². The number of unbranched alkanes of at least 4 members (excludes halogenated alkanes) is 3. The van der Waals surface area contributed by atoms with E-state index in [-0.39, 0.29) is 24.9 Å². The van der Waals surface area contributed by atoms with Crippen LogP contribution in [0.1, 0.15) is 57.8 Å². The summed E-state index contributed by atoms with van der Waals surface area (Å²) in [5.41, 5.74) is 0.585. The van der Waals surface area contributed by atoms with Crippen molar-refractivity contribution in [2.45, 2.75) is 70.0 Å². The SMILES string of the molecule is O=C(O)CCCCCC[C@H]1[C@@H](O)C/C(=N/O)[C@@H]1CC[C@@H](O)COc1cccc(Cl)c1. The van der Waals surface area contributed by atoms with Crippen LogP contribution < -0.4 is 4.74 Å². The molecule has 0 spiro atoms. The monoisotopic (exact) mass is 441 g/mol. The summed E-state index contributed by atoms with van der Waals surface area (Å²) < 4.78 is 5.58. The fraction of sp³-hybridized carbons (Fsp3) is 0.636. The van der Waals surface area contributed by atoms with Crippen molar-refractivity contribution in [3.8, 4) is 5.75 Å². The highest BCUT2D eigenvalue weighted by Gasteiger charge is 2.39. The lowest BCUT2D eigenvalue weighted by Gasteiger charge is -2.23. The molecule has 2 rings (SSSR count). The minimum Gasteiger partial charge on any atom is -0.491 e. The van der Waals surface area contributed by atoms with Gasteiger partial charge in [0.05, 0.1) is 17.9 Å². The molecule has 1 aliphatic carbocycles. The molecule has 4 atom stereocenters. The van der Waals surface area contributed by atoms with E-state index >= 15 is 0 Å². The van der Waals surface area contributed by atoms with E-state index in [0.717, 1.165) is 25.7 Å². The number of aliphatic hydroxyl groups excluding tert-OH is 2. The van der Waals surface area contributed by atoms with Gasteiger partial charge in [0.25, 0.3) is 0 Å². The summed E-state index contributed by atoms with van der Waals surface area (Å²) in [6.07, 6.45) is 4.44. The Kier molecular flexibility index (Phi) is 10.4. The lowest BCUT2D eigenvalue weighted by Crippen LogP contribution is -2.24. The van der Waals surface area contributed by atoms with E-state index in [1.54, 1.807) is 24.3 Å². The maximum atomic E-state index is 10.6. The molecule has 1 saturated carbocycles. The number of nitrogens with zero attached hydrogens (tertiary/aromatic N) is 1. The van der Waals surface area contributed by atoms with Gasteiger partial charge in [0.15, 0.2) is 0 Å². The second-order valence-electron chi connectivity index (χ2n) is 7.98. The van der Waals surface area contributed by atoms with Gasteiger partial charge in [-0.25, -0.2) is 0 Å². The van der Waals surface area contributed by atoms with Crippen molar-refractivity contribution in [1.29, 1.82) is 0 Å². The van der Waals surface area contributed by atoms with Gasteiger partial charge in [-0.1, -0.05) is 42.1 Å². The van der Waals surface area contributed by atoms with Crippen LogP contribution in [0.25, 0.3) is 0 Å². The van der Waals surface area contributed by atoms with Gasteiger partial charge in [-0.2, -0.15) is 0 Å². The van der Waals surface area contributed by atoms with E-state index in [2.05, 4.69) is 5.16 Å². The highest BCUT2D eigenvalue weighted by molar-refractivity contribution is 6.30. The molecule has 0 heterocycles. The van der Waals surface area contributed by atoms with Crippen LogP contribution in [0.2, 0.25) is 5.02 Å². The zero-order valence-corrected chi connectivity index (χ0v) is 17.9. The van der Waals surface area contributed by atoms with Crippen LogP contribution in [0.15, 0.2) is 29.4 Å². The van der Waals surface area contributed by atoms with Gasteiger partial charge < -0.3 is 25.3 Å². The molecule has 4 N–H and O–H groups in total. The number of halogens is 1. The van der Waals surface area contributed by atoms with E-state index in [9.17, 15) is 20.2 Å². The number of oxime groups is 1. The van der Waals surface area contributed by atoms with Gasteiger partial charge in [-0.05, 0) is 49.8 Å². The predicted octanol–water partition coefficient (Wildman–Crippen LogP) is 4.11. The average Bonchev–Trinajstić information content (AvgIpc) is 3.02. The summed E-state index contributed by atoms with van der Waals surface area (Å²) in [7, 11) is 0. The Hall–Kier alpha value is -1.83. The van der Waals surface area contributed by atoms with Crippen molar-refractivity contribution in [2.75, 3.05) is 6.61 Å². The summed E-state index contributed by atoms with van der Waals surface area (Å²) in [6.45, 7) is 0.134. The molecule has 1 aliphatic rings. The molecule has 8 heteroatoms. The van der Waals surface area contributed by atoms with Crippen molar-refractivity contribution < 1.29 is 30.1 Å². The van der Waals surface area contributed by atoms with Gasteiger partial charge >= 0.3 is 5.97 Å². The van der Waals surface area contributed by atoms with Gasteiger partial charge in [0, 0.05) is 23.8 Å². The number of benzene rings is 1. The number of aliphatic carboxylic acids is 1. The predicted molar refractivity (Wildman–Crippen MR) is 114 cm³/mol. The lowest BCUT2D eigenvalue weighted by molar-refractivity contribution is -0.137. The fourth-order valence-electron chi connectivity index (χ4n) is 4.14. The summed E-state index contributed by atoms with van der Waals surface area (Å²) in [5, 5.41) is 42.7. The number of hydrogen-bond acceptors (Lipinski definition) is 6. The molecule has 1 aromatic carbocycles. The van der Waals surface area contributed by atoms with Crippen molar-refractivity contribution in [3.63, 3.8) is 0 Å². The molecule has 1 fully saturated rings. The minimum atomic E-state index is -0.775. The molecular weight excluding hydrogens is 410 g/mol. The number of carboxylic acid groups (broad SMARTS) is 1. The van der Waals surface area contributed by atoms with E-state index in [4.69, 9.17) is 21.4 Å². The number of rotatable bonds is 13. The topological polar surface area (TPSA) is 120 Å². The third kappa shape index (κ3) is 8.13. The Morgan fingerprint density at radius 1 is 1.23 bits per heavy atom. The fourth-order valence-corrected chi connectivity index (χ4v) is 4.32. The number of carbonyl (C=O) groups is 1. The molecule has 0 radical (unpaired) electrons. The van der Waals surface area contributed by atoms with Gasteiger partial charge in [0.1, 0.15) is 12.4 Å². The average molecular weight is 442 g/mol. The van der Waals surface area contributed by atoms with Gasteiger partial charge in [-0.3, -0.25) is 4.79 Å².